The van der Waals surface area contributed by atoms with E-state index in [1.54, 1.807) is 18.2 Å². The molecule has 4 nitrogen and oxygen atoms in total. The van der Waals surface area contributed by atoms with Crippen LogP contribution in [0, 0.1) is 0 Å². The molecule has 2 rings (SSSR count). The van der Waals surface area contributed by atoms with Gasteiger partial charge in [0.25, 0.3) is 0 Å². The second kappa shape index (κ2) is 5.66. The van der Waals surface area contributed by atoms with Crippen LogP contribution in [0.5, 0.6) is 11.5 Å². The van der Waals surface area contributed by atoms with Gasteiger partial charge in [-0.05, 0) is 29.8 Å². The zero-order chi connectivity index (χ0) is 13.0. The number of hydrogen-bond donors (Lipinski definition) is 2. The average Bonchev–Trinajstić information content (AvgIpc) is 2.33. The number of nitrogen functional groups attached to an aromatic ring is 1. The average molecular weight is 263 g/mol. The van der Waals surface area contributed by atoms with E-state index < -0.39 is 11.1 Å². The third-order valence-corrected chi connectivity index (χ3v) is 2.92. The van der Waals surface area contributed by atoms with Crippen LogP contribution in [0.25, 0.3) is 0 Å². The van der Waals surface area contributed by atoms with Gasteiger partial charge >= 0.3 is 0 Å². The Morgan fingerprint density at radius 3 is 2.50 bits per heavy atom. The highest BCUT2D eigenvalue weighted by molar-refractivity contribution is 7.78. The first-order valence-corrected chi connectivity index (χ1v) is 6.61. The van der Waals surface area contributed by atoms with E-state index in [1.807, 2.05) is 30.3 Å². The fraction of sp³-hybridized carbons (Fsp3) is 0.0769. The lowest BCUT2D eigenvalue weighted by Gasteiger charge is -2.09. The molecule has 5 heteroatoms. The van der Waals surface area contributed by atoms with E-state index in [0.29, 0.717) is 22.7 Å². The van der Waals surface area contributed by atoms with Gasteiger partial charge in [0.1, 0.15) is 11.5 Å². The number of nitrogens with two attached hydrogens (primary N) is 1. The SMILES string of the molecule is Nc1cc(CS(=O)O)ccc1Oc1ccccc1. The molecule has 0 aliphatic carbocycles. The molecule has 94 valence electrons. The van der Waals surface area contributed by atoms with Crippen molar-refractivity contribution >= 4 is 16.8 Å². The Morgan fingerprint density at radius 1 is 1.17 bits per heavy atom. The van der Waals surface area contributed by atoms with Crippen LogP contribution < -0.4 is 10.5 Å². The zero-order valence-electron chi connectivity index (χ0n) is 9.58. The van der Waals surface area contributed by atoms with Crippen molar-refractivity contribution in [2.75, 3.05) is 5.73 Å². The third kappa shape index (κ3) is 3.32. The Labute approximate surface area is 108 Å². The number of para-hydroxylation sites is 1. The Balaban J connectivity index is 2.17. The summed E-state index contributed by atoms with van der Waals surface area (Å²) < 4.78 is 25.1. The summed E-state index contributed by atoms with van der Waals surface area (Å²) in [5.74, 6) is 1.30. The largest absolute Gasteiger partial charge is 0.455 e. The lowest BCUT2D eigenvalue weighted by atomic mass is 10.2. The lowest BCUT2D eigenvalue weighted by Crippen LogP contribution is -1.97. The van der Waals surface area contributed by atoms with Crippen molar-refractivity contribution in [1.82, 2.24) is 0 Å². The van der Waals surface area contributed by atoms with Crippen LogP contribution >= 0.6 is 0 Å². The summed E-state index contributed by atoms with van der Waals surface area (Å²) in [5, 5.41) is 0. The van der Waals surface area contributed by atoms with Crippen molar-refractivity contribution in [3.63, 3.8) is 0 Å². The Bertz CT molecular complexity index is 557. The number of benzene rings is 2. The minimum atomic E-state index is -1.87. The normalized spacial score (nSPS) is 12.1. The Morgan fingerprint density at radius 2 is 1.89 bits per heavy atom. The van der Waals surface area contributed by atoms with Gasteiger partial charge in [0.15, 0.2) is 11.1 Å². The van der Waals surface area contributed by atoms with Crippen LogP contribution in [-0.4, -0.2) is 8.76 Å². The van der Waals surface area contributed by atoms with Crippen LogP contribution in [0.4, 0.5) is 5.69 Å². The maximum Gasteiger partial charge on any atom is 0.157 e. The van der Waals surface area contributed by atoms with E-state index in [-0.39, 0.29) is 5.75 Å². The van der Waals surface area contributed by atoms with Crippen LogP contribution in [0.15, 0.2) is 48.5 Å². The molecule has 0 aromatic heterocycles. The lowest BCUT2D eigenvalue weighted by molar-refractivity contribution is 0.485. The standard InChI is InChI=1S/C13H13NO3S/c14-12-8-10(9-18(15)16)6-7-13(12)17-11-4-2-1-3-5-11/h1-8H,9,14H2,(H,15,16). The minimum Gasteiger partial charge on any atom is -0.455 e. The molecule has 0 bridgehead atoms. The Hall–Kier alpha value is -1.85. The summed E-state index contributed by atoms with van der Waals surface area (Å²) in [6.07, 6.45) is 0. The molecule has 1 unspecified atom stereocenters. The van der Waals surface area contributed by atoms with Crippen LogP contribution in [0.2, 0.25) is 0 Å². The highest BCUT2D eigenvalue weighted by atomic mass is 32.2. The second-order valence-corrected chi connectivity index (χ2v) is 4.68. The van der Waals surface area contributed by atoms with Crippen LogP contribution in [-0.2, 0) is 16.8 Å². The van der Waals surface area contributed by atoms with E-state index in [9.17, 15) is 4.21 Å². The van der Waals surface area contributed by atoms with Crippen molar-refractivity contribution in [1.29, 1.82) is 0 Å². The summed E-state index contributed by atoms with van der Waals surface area (Å²) in [5.41, 5.74) is 6.99. The fourth-order valence-electron chi connectivity index (χ4n) is 1.54. The van der Waals surface area contributed by atoms with Gasteiger partial charge in [0, 0.05) is 0 Å². The summed E-state index contributed by atoms with van der Waals surface area (Å²) in [7, 11) is 0. The second-order valence-electron chi connectivity index (χ2n) is 3.75. The van der Waals surface area contributed by atoms with Crippen molar-refractivity contribution in [2.45, 2.75) is 5.75 Å². The first-order chi connectivity index (χ1) is 8.65. The van der Waals surface area contributed by atoms with Gasteiger partial charge < -0.3 is 15.0 Å². The van der Waals surface area contributed by atoms with Gasteiger partial charge in [0.05, 0.1) is 11.4 Å². The Kier molecular flexibility index (Phi) is 3.96. The molecular formula is C13H13NO3S. The molecule has 0 aliphatic rings. The number of anilines is 1. The van der Waals surface area contributed by atoms with Crippen molar-refractivity contribution in [3.8, 4) is 11.5 Å². The highest BCUT2D eigenvalue weighted by Crippen LogP contribution is 2.28. The molecule has 0 radical (unpaired) electrons. The molecule has 0 saturated heterocycles. The monoisotopic (exact) mass is 263 g/mol. The maximum atomic E-state index is 10.7. The maximum absolute atomic E-state index is 10.7. The van der Waals surface area contributed by atoms with Gasteiger partial charge in [-0.2, -0.15) is 0 Å². The minimum absolute atomic E-state index is 0.0653. The predicted molar refractivity (Wildman–Crippen MR) is 71.8 cm³/mol. The summed E-state index contributed by atoms with van der Waals surface area (Å²) in [6.45, 7) is 0. The number of hydrogen-bond acceptors (Lipinski definition) is 3. The summed E-state index contributed by atoms with van der Waals surface area (Å²) in [4.78, 5) is 0. The first kappa shape index (κ1) is 12.6. The fourth-order valence-corrected chi connectivity index (χ4v) is 2.00. The summed E-state index contributed by atoms with van der Waals surface area (Å²) >= 11 is -1.87. The van der Waals surface area contributed by atoms with Crippen LogP contribution in [0.1, 0.15) is 5.56 Å². The zero-order valence-corrected chi connectivity index (χ0v) is 10.4. The van der Waals surface area contributed by atoms with Crippen molar-refractivity contribution in [3.05, 3.63) is 54.1 Å². The topological polar surface area (TPSA) is 72.6 Å². The molecule has 3 N–H and O–H groups in total. The van der Waals surface area contributed by atoms with Gasteiger partial charge in [-0.3, -0.25) is 0 Å². The van der Waals surface area contributed by atoms with Gasteiger partial charge in [-0.25, -0.2) is 4.21 Å². The molecule has 2 aromatic carbocycles. The molecule has 1 atom stereocenters. The van der Waals surface area contributed by atoms with E-state index in [1.165, 1.54) is 0 Å². The number of ether oxygens (including phenoxy) is 1. The van der Waals surface area contributed by atoms with Crippen molar-refractivity contribution < 1.29 is 13.5 Å². The molecule has 0 heterocycles. The molecule has 2 aromatic rings. The molecule has 0 spiro atoms. The number of rotatable bonds is 4. The van der Waals surface area contributed by atoms with E-state index in [2.05, 4.69) is 0 Å². The quantitative estimate of drug-likeness (QED) is 0.657. The third-order valence-electron chi connectivity index (χ3n) is 2.34. The van der Waals surface area contributed by atoms with E-state index >= 15 is 0 Å². The molecular weight excluding hydrogens is 250 g/mol. The van der Waals surface area contributed by atoms with Gasteiger partial charge in [-0.1, -0.05) is 24.3 Å². The van der Waals surface area contributed by atoms with Gasteiger partial charge in [-0.15, -0.1) is 0 Å². The first-order valence-electron chi connectivity index (χ1n) is 5.34. The molecule has 0 aliphatic heterocycles. The summed E-state index contributed by atoms with van der Waals surface area (Å²) in [6, 6.07) is 14.4. The molecule has 0 fully saturated rings. The smallest absolute Gasteiger partial charge is 0.157 e. The molecule has 0 saturated carbocycles. The predicted octanol–water partition coefficient (Wildman–Crippen LogP) is 2.78. The van der Waals surface area contributed by atoms with Crippen LogP contribution in [0.3, 0.4) is 0 Å². The molecule has 18 heavy (non-hydrogen) atoms. The van der Waals surface area contributed by atoms with E-state index in [0.717, 1.165) is 0 Å². The molecule has 0 amide bonds. The van der Waals surface area contributed by atoms with E-state index in [4.69, 9.17) is 15.0 Å². The highest BCUT2D eigenvalue weighted by Gasteiger charge is 2.05. The van der Waals surface area contributed by atoms with Gasteiger partial charge in [0.2, 0.25) is 0 Å². The van der Waals surface area contributed by atoms with Crippen molar-refractivity contribution in [2.24, 2.45) is 0 Å².